The predicted octanol–water partition coefficient (Wildman–Crippen LogP) is 1.46. The molecule has 0 atom stereocenters. The first-order valence-electron chi connectivity index (χ1n) is 4.71. The highest BCUT2D eigenvalue weighted by Gasteiger charge is 2.45. The summed E-state index contributed by atoms with van der Waals surface area (Å²) in [6, 6.07) is 0. The maximum Gasteiger partial charge on any atom is 0.249 e. The molecule has 3 nitrogen and oxygen atoms in total. The maximum atomic E-state index is 11.4. The lowest BCUT2D eigenvalue weighted by Gasteiger charge is -2.44. The van der Waals surface area contributed by atoms with Gasteiger partial charge < -0.3 is 0 Å². The van der Waals surface area contributed by atoms with E-state index in [-0.39, 0.29) is 11.3 Å². The summed E-state index contributed by atoms with van der Waals surface area (Å²) in [5.41, 5.74) is 1.61. The number of fused-ring (bicyclic) bond motifs is 3. The van der Waals surface area contributed by atoms with Gasteiger partial charge in [-0.1, -0.05) is 0 Å². The van der Waals surface area contributed by atoms with Gasteiger partial charge in [-0.05, 0) is 44.4 Å². The summed E-state index contributed by atoms with van der Waals surface area (Å²) in [5.74, 6) is 0.707. The number of carbonyl (C=O) groups is 1. The van der Waals surface area contributed by atoms with Crippen LogP contribution in [0.1, 0.15) is 38.5 Å². The summed E-state index contributed by atoms with van der Waals surface area (Å²) >= 11 is 0. The van der Waals surface area contributed by atoms with Crippen LogP contribution in [0.15, 0.2) is 0 Å². The van der Waals surface area contributed by atoms with E-state index in [0.717, 1.165) is 25.2 Å². The second kappa shape index (κ2) is 2.73. The van der Waals surface area contributed by atoms with Gasteiger partial charge in [-0.2, -0.15) is 0 Å². The van der Waals surface area contributed by atoms with Crippen LogP contribution in [-0.2, 0) is 4.79 Å². The van der Waals surface area contributed by atoms with Crippen LogP contribution in [0, 0.1) is 11.3 Å². The number of amides is 1. The fourth-order valence-corrected chi connectivity index (χ4v) is 2.71. The summed E-state index contributed by atoms with van der Waals surface area (Å²) in [6.45, 7) is 0. The Bertz CT molecular complexity index is 181. The van der Waals surface area contributed by atoms with Crippen LogP contribution >= 0.6 is 0 Å². The molecular formula is C9H15NO2. The molecule has 3 aliphatic carbocycles. The molecule has 12 heavy (non-hydrogen) atoms. The molecule has 0 spiro atoms. The first kappa shape index (κ1) is 8.05. The van der Waals surface area contributed by atoms with Crippen LogP contribution < -0.4 is 5.48 Å². The summed E-state index contributed by atoms with van der Waals surface area (Å²) in [6.07, 6.45) is 6.45. The number of hydrogen-bond donors (Lipinski definition) is 2. The van der Waals surface area contributed by atoms with E-state index in [0.29, 0.717) is 0 Å². The third-order valence-corrected chi connectivity index (χ3v) is 3.68. The van der Waals surface area contributed by atoms with E-state index in [4.69, 9.17) is 5.21 Å². The van der Waals surface area contributed by atoms with E-state index >= 15 is 0 Å². The topological polar surface area (TPSA) is 49.3 Å². The van der Waals surface area contributed by atoms with Gasteiger partial charge in [-0.15, -0.1) is 0 Å². The first-order chi connectivity index (χ1) is 5.77. The Balaban J connectivity index is 2.13. The molecule has 3 rings (SSSR count). The van der Waals surface area contributed by atoms with Gasteiger partial charge in [0.25, 0.3) is 0 Å². The van der Waals surface area contributed by atoms with Gasteiger partial charge in [0.1, 0.15) is 0 Å². The quantitative estimate of drug-likeness (QED) is 0.461. The highest BCUT2D eigenvalue weighted by Crippen LogP contribution is 2.50. The lowest BCUT2D eigenvalue weighted by molar-refractivity contribution is -0.145. The van der Waals surface area contributed by atoms with Crippen molar-refractivity contribution >= 4 is 5.91 Å². The minimum absolute atomic E-state index is 0.152. The van der Waals surface area contributed by atoms with Crippen molar-refractivity contribution in [1.82, 2.24) is 5.48 Å². The minimum atomic E-state index is -0.205. The van der Waals surface area contributed by atoms with E-state index < -0.39 is 0 Å². The van der Waals surface area contributed by atoms with Crippen molar-refractivity contribution in [3.63, 3.8) is 0 Å². The fourth-order valence-electron chi connectivity index (χ4n) is 2.71. The molecule has 3 heteroatoms. The molecule has 3 aliphatic rings. The molecule has 0 unspecified atom stereocenters. The Morgan fingerprint density at radius 2 is 1.75 bits per heavy atom. The molecular weight excluding hydrogens is 154 g/mol. The Morgan fingerprint density at radius 3 is 2.17 bits per heavy atom. The van der Waals surface area contributed by atoms with Gasteiger partial charge in [-0.25, -0.2) is 5.48 Å². The molecule has 68 valence electrons. The molecule has 0 radical (unpaired) electrons. The Morgan fingerprint density at radius 1 is 1.25 bits per heavy atom. The molecule has 3 fully saturated rings. The maximum absolute atomic E-state index is 11.4. The third-order valence-electron chi connectivity index (χ3n) is 3.68. The summed E-state index contributed by atoms with van der Waals surface area (Å²) in [5, 5.41) is 8.60. The lowest BCUT2D eigenvalue weighted by atomic mass is 9.60. The van der Waals surface area contributed by atoms with E-state index in [1.807, 2.05) is 5.48 Å². The number of nitrogens with one attached hydrogen (secondary N) is 1. The van der Waals surface area contributed by atoms with Crippen LogP contribution in [0.2, 0.25) is 0 Å². The van der Waals surface area contributed by atoms with Crippen molar-refractivity contribution in [2.45, 2.75) is 38.5 Å². The molecule has 0 heterocycles. The molecule has 0 aromatic heterocycles. The van der Waals surface area contributed by atoms with E-state index in [2.05, 4.69) is 0 Å². The zero-order valence-electron chi connectivity index (χ0n) is 7.18. The summed E-state index contributed by atoms with van der Waals surface area (Å²) in [4.78, 5) is 11.4. The van der Waals surface area contributed by atoms with Crippen molar-refractivity contribution in [3.05, 3.63) is 0 Å². The summed E-state index contributed by atoms with van der Waals surface area (Å²) < 4.78 is 0. The van der Waals surface area contributed by atoms with Crippen molar-refractivity contribution in [2.24, 2.45) is 11.3 Å². The Kier molecular flexibility index (Phi) is 1.83. The summed E-state index contributed by atoms with van der Waals surface area (Å²) in [7, 11) is 0. The van der Waals surface area contributed by atoms with Gasteiger partial charge in [0.15, 0.2) is 0 Å². The number of hydrogen-bond acceptors (Lipinski definition) is 2. The molecule has 2 N–H and O–H groups in total. The average Bonchev–Trinajstić information content (AvgIpc) is 2.19. The number of carbonyl (C=O) groups excluding carboxylic acids is 1. The Labute approximate surface area is 72.1 Å². The van der Waals surface area contributed by atoms with Crippen LogP contribution in [0.25, 0.3) is 0 Å². The van der Waals surface area contributed by atoms with E-state index in [9.17, 15) is 4.79 Å². The molecule has 0 aromatic carbocycles. The van der Waals surface area contributed by atoms with Crippen LogP contribution in [-0.4, -0.2) is 11.1 Å². The molecule has 0 aromatic rings. The molecule has 0 saturated heterocycles. The van der Waals surface area contributed by atoms with Gasteiger partial charge in [0, 0.05) is 0 Å². The average molecular weight is 169 g/mol. The second-order valence-corrected chi connectivity index (χ2v) is 4.20. The van der Waals surface area contributed by atoms with Crippen LogP contribution in [0.5, 0.6) is 0 Å². The van der Waals surface area contributed by atoms with Gasteiger partial charge in [0.05, 0.1) is 5.41 Å². The van der Waals surface area contributed by atoms with Gasteiger partial charge in [-0.3, -0.25) is 10.0 Å². The highest BCUT2D eigenvalue weighted by atomic mass is 16.5. The van der Waals surface area contributed by atoms with E-state index in [1.165, 1.54) is 19.3 Å². The van der Waals surface area contributed by atoms with Crippen molar-refractivity contribution in [2.75, 3.05) is 0 Å². The molecule has 3 saturated carbocycles. The largest absolute Gasteiger partial charge is 0.289 e. The van der Waals surface area contributed by atoms with Crippen LogP contribution in [0.4, 0.5) is 0 Å². The van der Waals surface area contributed by atoms with Crippen molar-refractivity contribution < 1.29 is 10.0 Å². The van der Waals surface area contributed by atoms with E-state index in [1.54, 1.807) is 0 Å². The molecule has 1 amide bonds. The van der Waals surface area contributed by atoms with Gasteiger partial charge >= 0.3 is 0 Å². The highest BCUT2D eigenvalue weighted by molar-refractivity contribution is 5.81. The molecule has 0 aliphatic heterocycles. The lowest BCUT2D eigenvalue weighted by Crippen LogP contribution is -2.45. The zero-order valence-corrected chi connectivity index (χ0v) is 7.18. The van der Waals surface area contributed by atoms with Crippen molar-refractivity contribution in [3.8, 4) is 0 Å². The number of hydroxylamine groups is 1. The fraction of sp³-hybridized carbons (Fsp3) is 0.889. The van der Waals surface area contributed by atoms with Gasteiger partial charge in [0.2, 0.25) is 5.91 Å². The van der Waals surface area contributed by atoms with Crippen LogP contribution in [0.3, 0.4) is 0 Å². The third kappa shape index (κ3) is 1.04. The standard InChI is InChI=1S/C9H15NO2/c11-8(10-12)9-4-1-7(2-5-9)3-6-9/h7,12H,1-6H2,(H,10,11). The normalized spacial score (nSPS) is 39.6. The first-order valence-corrected chi connectivity index (χ1v) is 4.71. The predicted molar refractivity (Wildman–Crippen MR) is 43.6 cm³/mol. The minimum Gasteiger partial charge on any atom is -0.289 e. The second-order valence-electron chi connectivity index (χ2n) is 4.20. The SMILES string of the molecule is O=C(NO)C12CCC(CC1)CC2. The zero-order chi connectivity index (χ0) is 8.60. The Hall–Kier alpha value is -0.570. The number of rotatable bonds is 1. The molecule has 2 bridgehead atoms. The monoisotopic (exact) mass is 169 g/mol. The smallest absolute Gasteiger partial charge is 0.249 e. The van der Waals surface area contributed by atoms with Crippen molar-refractivity contribution in [1.29, 1.82) is 0 Å².